The number of rotatable bonds is 5. The first-order chi connectivity index (χ1) is 9.75. The molecule has 0 aliphatic rings. The van der Waals surface area contributed by atoms with Crippen LogP contribution in [0.1, 0.15) is 33.1 Å². The Balaban J connectivity index is 2.39. The normalized spacial score (nSPS) is 13.5. The maximum absolute atomic E-state index is 12.5. The van der Waals surface area contributed by atoms with Gasteiger partial charge in [-0.1, -0.05) is 0 Å². The van der Waals surface area contributed by atoms with Crippen molar-refractivity contribution in [3.05, 3.63) is 33.6 Å². The standard InChI is InChI=1S/C12H15N3O4S2/c1-7-4-5-10(20-7)8(2)15(3)21(18,19)11-9(12(16)17)6-13-14-11/h4-6,8H,1-3H3,(H,13,14)(H,16,17). The van der Waals surface area contributed by atoms with Crippen LogP contribution in [0, 0.1) is 6.92 Å². The highest BCUT2D eigenvalue weighted by Crippen LogP contribution is 2.30. The number of nitrogens with one attached hydrogen (secondary N) is 1. The van der Waals surface area contributed by atoms with Crippen molar-refractivity contribution < 1.29 is 18.3 Å². The number of thiophene rings is 1. The summed E-state index contributed by atoms with van der Waals surface area (Å²) in [6.07, 6.45) is 0.989. The van der Waals surface area contributed by atoms with Crippen LogP contribution < -0.4 is 0 Å². The summed E-state index contributed by atoms with van der Waals surface area (Å²) in [7, 11) is -2.55. The molecule has 2 heterocycles. The summed E-state index contributed by atoms with van der Waals surface area (Å²) in [5.41, 5.74) is -0.364. The maximum atomic E-state index is 12.5. The van der Waals surface area contributed by atoms with Gasteiger partial charge in [-0.15, -0.1) is 11.3 Å². The number of sulfonamides is 1. The smallest absolute Gasteiger partial charge is 0.340 e. The minimum atomic E-state index is -3.97. The first-order valence-corrected chi connectivity index (χ1v) is 8.32. The van der Waals surface area contributed by atoms with Gasteiger partial charge in [0, 0.05) is 16.8 Å². The Bertz CT molecular complexity index is 763. The van der Waals surface area contributed by atoms with Crippen LogP contribution in [0.5, 0.6) is 0 Å². The van der Waals surface area contributed by atoms with E-state index in [4.69, 9.17) is 5.11 Å². The third-order valence-corrected chi connectivity index (χ3v) is 6.26. The molecule has 0 aromatic carbocycles. The molecule has 0 aliphatic heterocycles. The minimum Gasteiger partial charge on any atom is -0.478 e. The number of carboxylic acids is 1. The summed E-state index contributed by atoms with van der Waals surface area (Å²) >= 11 is 1.50. The predicted octanol–water partition coefficient (Wildman–Crippen LogP) is 1.86. The predicted molar refractivity (Wildman–Crippen MR) is 78.0 cm³/mol. The van der Waals surface area contributed by atoms with Crippen LogP contribution in [-0.4, -0.2) is 41.0 Å². The topological polar surface area (TPSA) is 103 Å². The number of nitrogens with zero attached hydrogens (tertiary/aromatic N) is 2. The van der Waals surface area contributed by atoms with E-state index in [1.165, 1.54) is 18.4 Å². The van der Waals surface area contributed by atoms with Gasteiger partial charge in [-0.2, -0.15) is 9.40 Å². The van der Waals surface area contributed by atoms with E-state index >= 15 is 0 Å². The van der Waals surface area contributed by atoms with Crippen LogP contribution >= 0.6 is 11.3 Å². The van der Waals surface area contributed by atoms with Gasteiger partial charge in [0.15, 0.2) is 5.03 Å². The van der Waals surface area contributed by atoms with E-state index < -0.39 is 27.1 Å². The van der Waals surface area contributed by atoms with Crippen molar-refractivity contribution in [2.45, 2.75) is 24.9 Å². The fraction of sp³-hybridized carbons (Fsp3) is 0.333. The molecule has 1 atom stereocenters. The second kappa shape index (κ2) is 5.58. The second-order valence-electron chi connectivity index (χ2n) is 4.56. The fourth-order valence-corrected chi connectivity index (χ4v) is 4.28. The molecule has 2 N–H and O–H groups in total. The molecule has 0 amide bonds. The summed E-state index contributed by atoms with van der Waals surface area (Å²) in [5.74, 6) is -1.34. The van der Waals surface area contributed by atoms with Crippen molar-refractivity contribution in [3.8, 4) is 0 Å². The summed E-state index contributed by atoms with van der Waals surface area (Å²) < 4.78 is 26.2. The quantitative estimate of drug-likeness (QED) is 0.871. The van der Waals surface area contributed by atoms with Crippen LogP contribution in [-0.2, 0) is 10.0 Å². The Morgan fingerprint density at radius 2 is 2.14 bits per heavy atom. The number of carboxylic acid groups (broad SMARTS) is 1. The lowest BCUT2D eigenvalue weighted by Gasteiger charge is -2.22. The molecular formula is C12H15N3O4S2. The van der Waals surface area contributed by atoms with Crippen molar-refractivity contribution >= 4 is 27.3 Å². The van der Waals surface area contributed by atoms with Gasteiger partial charge in [0.05, 0.1) is 12.2 Å². The number of H-pyrrole nitrogens is 1. The molecule has 0 aliphatic carbocycles. The van der Waals surface area contributed by atoms with Crippen LogP contribution in [0.3, 0.4) is 0 Å². The van der Waals surface area contributed by atoms with E-state index in [-0.39, 0.29) is 5.56 Å². The highest BCUT2D eigenvalue weighted by Gasteiger charge is 2.32. The van der Waals surface area contributed by atoms with Crippen LogP contribution in [0.4, 0.5) is 0 Å². The Morgan fingerprint density at radius 3 is 2.67 bits per heavy atom. The largest absolute Gasteiger partial charge is 0.478 e. The van der Waals surface area contributed by atoms with Gasteiger partial charge in [-0.25, -0.2) is 13.2 Å². The van der Waals surface area contributed by atoms with Gasteiger partial charge < -0.3 is 5.11 Å². The number of aryl methyl sites for hydroxylation is 1. The molecule has 21 heavy (non-hydrogen) atoms. The zero-order valence-corrected chi connectivity index (χ0v) is 13.3. The summed E-state index contributed by atoms with van der Waals surface area (Å²) in [4.78, 5) is 13.0. The second-order valence-corrected chi connectivity index (χ2v) is 7.82. The lowest BCUT2D eigenvalue weighted by atomic mass is 10.3. The molecule has 0 radical (unpaired) electrons. The zero-order valence-electron chi connectivity index (χ0n) is 11.7. The third-order valence-electron chi connectivity index (χ3n) is 3.19. The summed E-state index contributed by atoms with van der Waals surface area (Å²) in [6, 6.07) is 3.37. The monoisotopic (exact) mass is 329 g/mol. The first-order valence-electron chi connectivity index (χ1n) is 6.06. The highest BCUT2D eigenvalue weighted by molar-refractivity contribution is 7.89. The molecular weight excluding hydrogens is 314 g/mol. The third kappa shape index (κ3) is 2.85. The minimum absolute atomic E-state index is 0.364. The summed E-state index contributed by atoms with van der Waals surface area (Å²) in [6.45, 7) is 3.69. The Hall–Kier alpha value is -1.71. The molecule has 7 nitrogen and oxygen atoms in total. The number of hydrogen-bond acceptors (Lipinski definition) is 5. The van der Waals surface area contributed by atoms with Gasteiger partial charge >= 0.3 is 5.97 Å². The maximum Gasteiger partial charge on any atom is 0.340 e. The van der Waals surface area contributed by atoms with Crippen molar-refractivity contribution in [1.29, 1.82) is 0 Å². The molecule has 2 aromatic rings. The van der Waals surface area contributed by atoms with Crippen molar-refractivity contribution in [3.63, 3.8) is 0 Å². The molecule has 0 fully saturated rings. The van der Waals surface area contributed by atoms with Gasteiger partial charge in [0.2, 0.25) is 0 Å². The van der Waals surface area contributed by atoms with Gasteiger partial charge in [0.25, 0.3) is 10.0 Å². The SMILES string of the molecule is Cc1ccc(C(C)N(C)S(=O)(=O)c2[nH]ncc2C(=O)O)s1. The number of hydrogen-bond donors (Lipinski definition) is 2. The van der Waals surface area contributed by atoms with Crippen molar-refractivity contribution in [2.24, 2.45) is 0 Å². The molecule has 1 unspecified atom stereocenters. The number of carbonyl (C=O) groups is 1. The molecule has 2 rings (SSSR count). The molecule has 2 aromatic heterocycles. The van der Waals surface area contributed by atoms with E-state index in [1.807, 2.05) is 19.1 Å². The van der Waals surface area contributed by atoms with Crippen LogP contribution in [0.15, 0.2) is 23.4 Å². The molecule has 9 heteroatoms. The average molecular weight is 329 g/mol. The lowest BCUT2D eigenvalue weighted by molar-refractivity contribution is 0.0692. The van der Waals surface area contributed by atoms with Gasteiger partial charge in [0.1, 0.15) is 5.56 Å². The van der Waals surface area contributed by atoms with Gasteiger partial charge in [-0.3, -0.25) is 5.10 Å². The van der Waals surface area contributed by atoms with Crippen LogP contribution in [0.25, 0.3) is 0 Å². The highest BCUT2D eigenvalue weighted by atomic mass is 32.2. The molecule has 114 valence electrons. The fourth-order valence-electron chi connectivity index (χ4n) is 1.83. The van der Waals surface area contributed by atoms with Crippen LogP contribution in [0.2, 0.25) is 0 Å². The molecule has 0 bridgehead atoms. The first kappa shape index (κ1) is 15.7. The van der Waals surface area contributed by atoms with E-state index in [0.29, 0.717) is 0 Å². The average Bonchev–Trinajstić information content (AvgIpc) is 3.05. The van der Waals surface area contributed by atoms with E-state index in [9.17, 15) is 13.2 Å². The number of aromatic nitrogens is 2. The lowest BCUT2D eigenvalue weighted by Crippen LogP contribution is -2.30. The van der Waals surface area contributed by atoms with E-state index in [1.54, 1.807) is 6.92 Å². The zero-order chi connectivity index (χ0) is 15.8. The van der Waals surface area contributed by atoms with Gasteiger partial charge in [-0.05, 0) is 26.0 Å². The Morgan fingerprint density at radius 1 is 1.48 bits per heavy atom. The molecule has 0 spiro atoms. The molecule has 0 saturated carbocycles. The number of aromatic carboxylic acids is 1. The van der Waals surface area contributed by atoms with E-state index in [0.717, 1.165) is 20.3 Å². The number of aromatic amines is 1. The van der Waals surface area contributed by atoms with Crippen molar-refractivity contribution in [1.82, 2.24) is 14.5 Å². The Kier molecular flexibility index (Phi) is 4.17. The van der Waals surface area contributed by atoms with E-state index in [2.05, 4.69) is 10.2 Å². The van der Waals surface area contributed by atoms with Crippen molar-refractivity contribution in [2.75, 3.05) is 7.05 Å². The Labute approximate surface area is 126 Å². The molecule has 0 saturated heterocycles. The summed E-state index contributed by atoms with van der Waals surface area (Å²) in [5, 5.41) is 14.4.